The first kappa shape index (κ1) is 19.8. The van der Waals surface area contributed by atoms with Crippen LogP contribution >= 0.6 is 0 Å². The van der Waals surface area contributed by atoms with Crippen LogP contribution in [0.1, 0.15) is 32.6 Å². The van der Waals surface area contributed by atoms with Gasteiger partial charge in [0.05, 0.1) is 13.7 Å². The van der Waals surface area contributed by atoms with Crippen LogP contribution in [-0.4, -0.2) is 45.3 Å². The highest BCUT2D eigenvalue weighted by molar-refractivity contribution is 5.79. The fourth-order valence-electron chi connectivity index (χ4n) is 2.01. The topological polar surface area (TPSA) is 72.0 Å². The number of carbonyl (C=O) groups excluding carboxylic acids is 1. The lowest BCUT2D eigenvalue weighted by Crippen LogP contribution is -2.38. The lowest BCUT2D eigenvalue weighted by atomic mass is 10.2. The lowest BCUT2D eigenvalue weighted by molar-refractivity contribution is -0.140. The minimum Gasteiger partial charge on any atom is -0.494 e. The van der Waals surface area contributed by atoms with Crippen LogP contribution in [0, 0.1) is 0 Å². The number of carbonyl (C=O) groups is 1. The number of rotatable bonds is 11. The van der Waals surface area contributed by atoms with Gasteiger partial charge in [-0.3, -0.25) is 9.79 Å². The van der Waals surface area contributed by atoms with Crippen molar-refractivity contribution in [2.75, 3.05) is 33.4 Å². The second-order valence-electron chi connectivity index (χ2n) is 5.24. The van der Waals surface area contributed by atoms with E-state index in [4.69, 9.17) is 4.74 Å². The molecule has 0 aliphatic heterocycles. The molecular formula is C18H29N3O3. The minimum absolute atomic E-state index is 0.158. The van der Waals surface area contributed by atoms with Crippen molar-refractivity contribution in [3.63, 3.8) is 0 Å². The van der Waals surface area contributed by atoms with Crippen LogP contribution in [0.2, 0.25) is 0 Å². The van der Waals surface area contributed by atoms with E-state index in [0.29, 0.717) is 19.6 Å². The number of guanidine groups is 1. The number of hydrogen-bond donors (Lipinski definition) is 2. The molecule has 24 heavy (non-hydrogen) atoms. The second kappa shape index (κ2) is 13.2. The second-order valence-corrected chi connectivity index (χ2v) is 5.24. The number of esters is 1. The van der Waals surface area contributed by atoms with Crippen LogP contribution in [0.5, 0.6) is 5.75 Å². The molecule has 0 unspecified atom stereocenters. The quantitative estimate of drug-likeness (QED) is 0.281. The Hall–Kier alpha value is -2.24. The normalized spacial score (nSPS) is 11.0. The number of para-hydroxylation sites is 1. The molecule has 0 atom stereocenters. The fourth-order valence-corrected chi connectivity index (χ4v) is 2.01. The highest BCUT2D eigenvalue weighted by atomic mass is 16.5. The number of nitrogens with one attached hydrogen (secondary N) is 2. The molecule has 0 radical (unpaired) electrons. The summed E-state index contributed by atoms with van der Waals surface area (Å²) in [5, 5.41) is 6.48. The molecule has 1 aromatic rings. The van der Waals surface area contributed by atoms with Gasteiger partial charge in [-0.1, -0.05) is 18.2 Å². The summed E-state index contributed by atoms with van der Waals surface area (Å²) in [6, 6.07) is 9.78. The summed E-state index contributed by atoms with van der Waals surface area (Å²) in [6.45, 7) is 4.97. The van der Waals surface area contributed by atoms with Gasteiger partial charge in [-0.2, -0.15) is 0 Å². The Morgan fingerprint density at radius 1 is 1.12 bits per heavy atom. The Morgan fingerprint density at radius 3 is 2.62 bits per heavy atom. The highest BCUT2D eigenvalue weighted by Gasteiger charge is 2.00. The van der Waals surface area contributed by atoms with E-state index < -0.39 is 0 Å². The van der Waals surface area contributed by atoms with Crippen LogP contribution in [-0.2, 0) is 9.53 Å². The van der Waals surface area contributed by atoms with Crippen molar-refractivity contribution in [3.8, 4) is 5.75 Å². The molecule has 0 spiro atoms. The molecule has 6 nitrogen and oxygen atoms in total. The predicted octanol–water partition coefficient (Wildman–Crippen LogP) is 2.35. The number of hydrogen-bond acceptors (Lipinski definition) is 4. The lowest BCUT2D eigenvalue weighted by Gasteiger charge is -2.11. The number of benzene rings is 1. The van der Waals surface area contributed by atoms with Crippen molar-refractivity contribution >= 4 is 11.9 Å². The Morgan fingerprint density at radius 2 is 1.92 bits per heavy atom. The van der Waals surface area contributed by atoms with Crippen LogP contribution in [0.25, 0.3) is 0 Å². The van der Waals surface area contributed by atoms with Gasteiger partial charge in [-0.15, -0.1) is 0 Å². The van der Waals surface area contributed by atoms with Crippen molar-refractivity contribution < 1.29 is 14.3 Å². The van der Waals surface area contributed by atoms with Crippen molar-refractivity contribution in [3.05, 3.63) is 30.3 Å². The molecule has 134 valence electrons. The van der Waals surface area contributed by atoms with Crippen molar-refractivity contribution in [1.82, 2.24) is 10.6 Å². The Balaban J connectivity index is 2.16. The molecule has 0 bridgehead atoms. The SMILES string of the molecule is CCNC(=NCCCOc1ccccc1)NCCCCC(=O)OC. The monoisotopic (exact) mass is 335 g/mol. The summed E-state index contributed by atoms with van der Waals surface area (Å²) >= 11 is 0. The van der Waals surface area contributed by atoms with Gasteiger partial charge in [0.2, 0.25) is 0 Å². The van der Waals surface area contributed by atoms with E-state index in [1.807, 2.05) is 37.3 Å². The molecule has 0 heterocycles. The zero-order valence-electron chi connectivity index (χ0n) is 14.7. The zero-order valence-corrected chi connectivity index (χ0v) is 14.7. The van der Waals surface area contributed by atoms with E-state index in [0.717, 1.165) is 44.1 Å². The minimum atomic E-state index is -0.158. The molecule has 0 aromatic heterocycles. The standard InChI is InChI=1S/C18H29N3O3/c1-3-19-18(20-13-8-7-12-17(22)23-2)21-14-9-15-24-16-10-5-4-6-11-16/h4-6,10-11H,3,7-9,12-15H2,1-2H3,(H2,19,20,21). The third-order valence-corrected chi connectivity index (χ3v) is 3.26. The Kier molecular flexibility index (Phi) is 10.9. The highest BCUT2D eigenvalue weighted by Crippen LogP contribution is 2.08. The van der Waals surface area contributed by atoms with Gasteiger partial charge in [0, 0.05) is 32.5 Å². The average molecular weight is 335 g/mol. The summed E-state index contributed by atoms with van der Waals surface area (Å²) in [4.78, 5) is 15.5. The largest absolute Gasteiger partial charge is 0.494 e. The third kappa shape index (κ3) is 9.71. The average Bonchev–Trinajstić information content (AvgIpc) is 2.61. The van der Waals surface area contributed by atoms with E-state index in [-0.39, 0.29) is 5.97 Å². The number of ether oxygens (including phenoxy) is 2. The first-order valence-corrected chi connectivity index (χ1v) is 8.53. The number of unbranched alkanes of at least 4 members (excludes halogenated alkanes) is 1. The van der Waals surface area contributed by atoms with Crippen LogP contribution < -0.4 is 15.4 Å². The first-order chi connectivity index (χ1) is 11.8. The molecule has 2 N–H and O–H groups in total. The maximum Gasteiger partial charge on any atom is 0.305 e. The van der Waals surface area contributed by atoms with Crippen molar-refractivity contribution in [2.24, 2.45) is 4.99 Å². The number of aliphatic imine (C=N–C) groups is 1. The van der Waals surface area contributed by atoms with Gasteiger partial charge >= 0.3 is 5.97 Å². The Labute approximate surface area is 144 Å². The molecular weight excluding hydrogens is 306 g/mol. The van der Waals surface area contributed by atoms with E-state index in [1.54, 1.807) is 0 Å². The molecule has 0 saturated carbocycles. The Bertz CT molecular complexity index is 478. The summed E-state index contributed by atoms with van der Waals surface area (Å²) in [6.07, 6.45) is 3.02. The van der Waals surface area contributed by atoms with E-state index in [2.05, 4.69) is 20.4 Å². The summed E-state index contributed by atoms with van der Waals surface area (Å²) < 4.78 is 10.3. The van der Waals surface area contributed by atoms with E-state index in [1.165, 1.54) is 7.11 Å². The smallest absolute Gasteiger partial charge is 0.305 e. The maximum absolute atomic E-state index is 11.0. The zero-order chi connectivity index (χ0) is 17.5. The van der Waals surface area contributed by atoms with Gasteiger partial charge < -0.3 is 20.1 Å². The summed E-state index contributed by atoms with van der Waals surface area (Å²) in [7, 11) is 1.41. The summed E-state index contributed by atoms with van der Waals surface area (Å²) in [5.41, 5.74) is 0. The van der Waals surface area contributed by atoms with Crippen molar-refractivity contribution in [1.29, 1.82) is 0 Å². The predicted molar refractivity (Wildman–Crippen MR) is 96.4 cm³/mol. The van der Waals surface area contributed by atoms with Gasteiger partial charge in [-0.05, 0) is 31.9 Å². The molecule has 1 aromatic carbocycles. The van der Waals surface area contributed by atoms with Crippen LogP contribution in [0.3, 0.4) is 0 Å². The number of methoxy groups -OCH3 is 1. The molecule has 0 saturated heterocycles. The van der Waals surface area contributed by atoms with Crippen LogP contribution in [0.4, 0.5) is 0 Å². The van der Waals surface area contributed by atoms with Gasteiger partial charge in [0.25, 0.3) is 0 Å². The van der Waals surface area contributed by atoms with Gasteiger partial charge in [0.1, 0.15) is 5.75 Å². The number of nitrogens with zero attached hydrogens (tertiary/aromatic N) is 1. The molecule has 0 aliphatic carbocycles. The van der Waals surface area contributed by atoms with E-state index in [9.17, 15) is 4.79 Å². The molecule has 0 aliphatic rings. The molecule has 0 amide bonds. The van der Waals surface area contributed by atoms with Gasteiger partial charge in [-0.25, -0.2) is 0 Å². The maximum atomic E-state index is 11.0. The molecule has 1 rings (SSSR count). The molecule has 6 heteroatoms. The fraction of sp³-hybridized carbons (Fsp3) is 0.556. The van der Waals surface area contributed by atoms with Crippen molar-refractivity contribution in [2.45, 2.75) is 32.6 Å². The third-order valence-electron chi connectivity index (χ3n) is 3.26. The molecule has 0 fully saturated rings. The first-order valence-electron chi connectivity index (χ1n) is 8.53. The van der Waals surface area contributed by atoms with Gasteiger partial charge in [0.15, 0.2) is 5.96 Å². The van der Waals surface area contributed by atoms with E-state index >= 15 is 0 Å². The summed E-state index contributed by atoms with van der Waals surface area (Å²) in [5.74, 6) is 1.53. The van der Waals surface area contributed by atoms with Crippen LogP contribution in [0.15, 0.2) is 35.3 Å².